The molecule has 1 amide bonds. The first kappa shape index (κ1) is 17.0. The number of nitrogens with zero attached hydrogens (tertiary/aromatic N) is 3. The van der Waals surface area contributed by atoms with E-state index in [1.54, 1.807) is 0 Å². The molecule has 130 valence electrons. The zero-order chi connectivity index (χ0) is 16.9. The third-order valence-electron chi connectivity index (χ3n) is 4.95. The maximum atomic E-state index is 12.3. The van der Waals surface area contributed by atoms with Crippen LogP contribution < -0.4 is 5.32 Å². The second kappa shape index (κ2) is 7.79. The number of rotatable bonds is 6. The summed E-state index contributed by atoms with van der Waals surface area (Å²) in [4.78, 5) is 19.4. The summed E-state index contributed by atoms with van der Waals surface area (Å²) >= 11 is 0. The molecule has 0 aliphatic carbocycles. The minimum atomic E-state index is 0.116. The highest BCUT2D eigenvalue weighted by Crippen LogP contribution is 2.20. The number of amides is 1. The molecule has 1 aliphatic rings. The van der Waals surface area contributed by atoms with Gasteiger partial charge in [0.25, 0.3) is 0 Å². The summed E-state index contributed by atoms with van der Waals surface area (Å²) in [6.45, 7) is 5.63. The molecule has 1 atom stereocenters. The lowest BCUT2D eigenvalue weighted by Crippen LogP contribution is -2.43. The van der Waals surface area contributed by atoms with Crippen molar-refractivity contribution in [2.45, 2.75) is 39.2 Å². The van der Waals surface area contributed by atoms with E-state index < -0.39 is 0 Å². The zero-order valence-electron chi connectivity index (χ0n) is 14.8. The number of piperidine rings is 1. The van der Waals surface area contributed by atoms with Gasteiger partial charge in [0.1, 0.15) is 5.82 Å². The molecule has 1 N–H and O–H groups in total. The van der Waals surface area contributed by atoms with E-state index in [1.807, 2.05) is 12.1 Å². The van der Waals surface area contributed by atoms with Gasteiger partial charge in [-0.1, -0.05) is 25.5 Å². The standard InChI is InChI=1S/C19H28N4O/c1-3-4-11-20-19(24)15-8-7-12-23(13-15)14-18-21-16-9-5-6-10-17(16)22(18)2/h5-6,9-10,15H,3-4,7-8,11-14H2,1-2H3,(H,20,24)/t15-/m1/s1. The number of aromatic nitrogens is 2. The second-order valence-corrected chi connectivity index (χ2v) is 6.79. The SMILES string of the molecule is CCCCNC(=O)[C@@H]1CCCN(Cc2nc3ccccc3n2C)C1. The number of aryl methyl sites for hydroxylation is 1. The van der Waals surface area contributed by atoms with Crippen LogP contribution in [0.5, 0.6) is 0 Å². The van der Waals surface area contributed by atoms with Gasteiger partial charge in [0.2, 0.25) is 5.91 Å². The van der Waals surface area contributed by atoms with Gasteiger partial charge < -0.3 is 9.88 Å². The highest BCUT2D eigenvalue weighted by molar-refractivity contribution is 5.79. The summed E-state index contributed by atoms with van der Waals surface area (Å²) < 4.78 is 2.17. The van der Waals surface area contributed by atoms with Gasteiger partial charge in [0.05, 0.1) is 23.5 Å². The molecule has 0 saturated carbocycles. The number of likely N-dealkylation sites (tertiary alicyclic amines) is 1. The minimum Gasteiger partial charge on any atom is -0.356 e. The third kappa shape index (κ3) is 3.78. The van der Waals surface area contributed by atoms with Crippen LogP contribution in [0.4, 0.5) is 0 Å². The molecule has 1 aromatic heterocycles. The highest BCUT2D eigenvalue weighted by Gasteiger charge is 2.26. The van der Waals surface area contributed by atoms with Crippen LogP contribution in [0.15, 0.2) is 24.3 Å². The molecule has 2 heterocycles. The molecular weight excluding hydrogens is 300 g/mol. The van der Waals surface area contributed by atoms with Crippen LogP contribution in [-0.4, -0.2) is 40.0 Å². The Balaban J connectivity index is 1.62. The van der Waals surface area contributed by atoms with E-state index in [2.05, 4.69) is 40.9 Å². The Hall–Kier alpha value is -1.88. The molecule has 0 unspecified atom stereocenters. The molecule has 0 radical (unpaired) electrons. The Morgan fingerprint density at radius 2 is 2.21 bits per heavy atom. The molecule has 0 spiro atoms. The van der Waals surface area contributed by atoms with Gasteiger partial charge in [-0.05, 0) is 37.9 Å². The predicted octanol–water partition coefficient (Wildman–Crippen LogP) is 2.70. The van der Waals surface area contributed by atoms with Crippen molar-refractivity contribution in [3.8, 4) is 0 Å². The van der Waals surface area contributed by atoms with Gasteiger partial charge in [0.15, 0.2) is 0 Å². The van der Waals surface area contributed by atoms with Crippen molar-refractivity contribution in [3.05, 3.63) is 30.1 Å². The first-order valence-electron chi connectivity index (χ1n) is 9.09. The lowest BCUT2D eigenvalue weighted by molar-refractivity contribution is -0.126. The fourth-order valence-electron chi connectivity index (χ4n) is 3.48. The monoisotopic (exact) mass is 328 g/mol. The molecular formula is C19H28N4O. The normalized spacial score (nSPS) is 18.8. The van der Waals surface area contributed by atoms with Crippen LogP contribution in [-0.2, 0) is 18.4 Å². The quantitative estimate of drug-likeness (QED) is 0.830. The summed E-state index contributed by atoms with van der Waals surface area (Å²) in [6, 6.07) is 8.23. The van der Waals surface area contributed by atoms with Crippen LogP contribution in [0.25, 0.3) is 11.0 Å². The number of para-hydroxylation sites is 2. The van der Waals surface area contributed by atoms with Crippen molar-refractivity contribution in [1.29, 1.82) is 0 Å². The van der Waals surface area contributed by atoms with Gasteiger partial charge >= 0.3 is 0 Å². The van der Waals surface area contributed by atoms with E-state index in [0.717, 1.165) is 63.2 Å². The lowest BCUT2D eigenvalue weighted by Gasteiger charge is -2.31. The number of nitrogens with one attached hydrogen (secondary N) is 1. The van der Waals surface area contributed by atoms with Gasteiger partial charge in [-0.15, -0.1) is 0 Å². The number of hydrogen-bond acceptors (Lipinski definition) is 3. The Morgan fingerprint density at radius 3 is 3.00 bits per heavy atom. The van der Waals surface area contributed by atoms with Gasteiger partial charge in [-0.2, -0.15) is 0 Å². The van der Waals surface area contributed by atoms with Crippen LogP contribution in [0.2, 0.25) is 0 Å². The van der Waals surface area contributed by atoms with Gasteiger partial charge in [0, 0.05) is 20.1 Å². The largest absolute Gasteiger partial charge is 0.356 e. The number of fused-ring (bicyclic) bond motifs is 1. The Labute approximate surface area is 144 Å². The van der Waals surface area contributed by atoms with E-state index in [9.17, 15) is 4.79 Å². The van der Waals surface area contributed by atoms with E-state index in [4.69, 9.17) is 4.98 Å². The number of imidazole rings is 1. The van der Waals surface area contributed by atoms with E-state index >= 15 is 0 Å². The molecule has 24 heavy (non-hydrogen) atoms. The maximum absolute atomic E-state index is 12.3. The lowest BCUT2D eigenvalue weighted by atomic mass is 9.97. The minimum absolute atomic E-state index is 0.116. The van der Waals surface area contributed by atoms with Crippen LogP contribution in [0.1, 0.15) is 38.4 Å². The fourth-order valence-corrected chi connectivity index (χ4v) is 3.48. The first-order valence-corrected chi connectivity index (χ1v) is 9.09. The van der Waals surface area contributed by atoms with E-state index in [1.165, 1.54) is 5.52 Å². The molecule has 2 aromatic rings. The number of carbonyl (C=O) groups is 1. The summed E-state index contributed by atoms with van der Waals surface area (Å²) in [5.41, 5.74) is 2.21. The van der Waals surface area contributed by atoms with Crippen LogP contribution in [0.3, 0.4) is 0 Å². The molecule has 5 nitrogen and oxygen atoms in total. The van der Waals surface area contributed by atoms with Crippen LogP contribution >= 0.6 is 0 Å². The summed E-state index contributed by atoms with van der Waals surface area (Å²) in [6.07, 6.45) is 4.25. The predicted molar refractivity (Wildman–Crippen MR) is 96.6 cm³/mol. The third-order valence-corrected chi connectivity index (χ3v) is 4.95. The molecule has 3 rings (SSSR count). The maximum Gasteiger partial charge on any atom is 0.224 e. The average Bonchev–Trinajstić information content (AvgIpc) is 2.91. The van der Waals surface area contributed by atoms with Crippen molar-refractivity contribution >= 4 is 16.9 Å². The van der Waals surface area contributed by atoms with Crippen molar-refractivity contribution < 1.29 is 4.79 Å². The molecule has 0 bridgehead atoms. The Morgan fingerprint density at radius 1 is 1.38 bits per heavy atom. The van der Waals surface area contributed by atoms with Crippen molar-refractivity contribution in [2.75, 3.05) is 19.6 Å². The first-order chi connectivity index (χ1) is 11.7. The number of hydrogen-bond donors (Lipinski definition) is 1. The fraction of sp³-hybridized carbons (Fsp3) is 0.579. The summed E-state index contributed by atoms with van der Waals surface area (Å²) in [7, 11) is 2.07. The molecule has 1 aliphatic heterocycles. The number of benzene rings is 1. The van der Waals surface area contributed by atoms with E-state index in [0.29, 0.717) is 0 Å². The number of unbranched alkanes of at least 4 members (excludes halogenated alkanes) is 1. The van der Waals surface area contributed by atoms with E-state index in [-0.39, 0.29) is 11.8 Å². The topological polar surface area (TPSA) is 50.2 Å². The average molecular weight is 328 g/mol. The molecule has 5 heteroatoms. The smallest absolute Gasteiger partial charge is 0.224 e. The number of carbonyl (C=O) groups excluding carboxylic acids is 1. The van der Waals surface area contributed by atoms with Crippen LogP contribution in [0, 0.1) is 5.92 Å². The van der Waals surface area contributed by atoms with Gasteiger partial charge in [-0.25, -0.2) is 4.98 Å². The molecule has 1 aromatic carbocycles. The summed E-state index contributed by atoms with van der Waals surface area (Å²) in [5, 5.41) is 3.08. The van der Waals surface area contributed by atoms with Crippen molar-refractivity contribution in [3.63, 3.8) is 0 Å². The highest BCUT2D eigenvalue weighted by atomic mass is 16.1. The van der Waals surface area contributed by atoms with Crippen molar-refractivity contribution in [1.82, 2.24) is 19.8 Å². The molecule has 1 fully saturated rings. The Kier molecular flexibility index (Phi) is 5.51. The van der Waals surface area contributed by atoms with Gasteiger partial charge in [-0.3, -0.25) is 9.69 Å². The Bertz CT molecular complexity index is 694. The second-order valence-electron chi connectivity index (χ2n) is 6.79. The summed E-state index contributed by atoms with van der Waals surface area (Å²) in [5.74, 6) is 1.41. The van der Waals surface area contributed by atoms with Crippen molar-refractivity contribution in [2.24, 2.45) is 13.0 Å². The zero-order valence-corrected chi connectivity index (χ0v) is 14.8. The molecule has 1 saturated heterocycles.